The van der Waals surface area contributed by atoms with E-state index in [1.807, 2.05) is 41.7 Å². The normalized spacial score (nSPS) is 13.1. The van der Waals surface area contributed by atoms with Crippen LogP contribution in [0, 0.1) is 11.6 Å². The van der Waals surface area contributed by atoms with Crippen LogP contribution in [0.1, 0.15) is 35.9 Å². The SMILES string of the molecule is C[C@@H](NC(=O)C[NH2+][C@H](c1ccccc1)c1ccco1)c1ccc(F)cc1F. The molecule has 0 unspecified atom stereocenters. The van der Waals surface area contributed by atoms with Gasteiger partial charge in [-0.2, -0.15) is 0 Å². The van der Waals surface area contributed by atoms with Crippen molar-refractivity contribution in [2.24, 2.45) is 0 Å². The van der Waals surface area contributed by atoms with Crippen LogP contribution in [0.5, 0.6) is 0 Å². The highest BCUT2D eigenvalue weighted by atomic mass is 19.1. The molecule has 6 heteroatoms. The molecule has 2 aromatic carbocycles. The van der Waals surface area contributed by atoms with Gasteiger partial charge in [-0.05, 0) is 25.1 Å². The maximum Gasteiger partial charge on any atom is 0.275 e. The van der Waals surface area contributed by atoms with Gasteiger partial charge in [-0.3, -0.25) is 4.79 Å². The summed E-state index contributed by atoms with van der Waals surface area (Å²) in [5, 5.41) is 4.60. The lowest BCUT2D eigenvalue weighted by Gasteiger charge is -2.17. The molecule has 140 valence electrons. The fraction of sp³-hybridized carbons (Fsp3) is 0.190. The van der Waals surface area contributed by atoms with Crippen LogP contribution in [0.3, 0.4) is 0 Å². The smallest absolute Gasteiger partial charge is 0.275 e. The minimum atomic E-state index is -0.676. The minimum absolute atomic E-state index is 0.132. The van der Waals surface area contributed by atoms with Gasteiger partial charge in [0.2, 0.25) is 0 Å². The Morgan fingerprint density at radius 2 is 1.89 bits per heavy atom. The number of carbonyl (C=O) groups excluding carboxylic acids is 1. The Bertz CT molecular complexity index is 882. The van der Waals surface area contributed by atoms with E-state index in [1.54, 1.807) is 19.3 Å². The molecule has 3 N–H and O–H groups in total. The number of benzene rings is 2. The fourth-order valence-corrected chi connectivity index (χ4v) is 3.00. The summed E-state index contributed by atoms with van der Waals surface area (Å²) < 4.78 is 32.4. The molecule has 0 aliphatic carbocycles. The highest BCUT2D eigenvalue weighted by Gasteiger charge is 2.22. The molecule has 4 nitrogen and oxygen atoms in total. The molecule has 0 aliphatic rings. The number of halogens is 2. The topological polar surface area (TPSA) is 58.9 Å². The molecule has 3 rings (SSSR count). The Balaban J connectivity index is 1.64. The van der Waals surface area contributed by atoms with Gasteiger partial charge in [0.1, 0.15) is 11.6 Å². The largest absolute Gasteiger partial charge is 0.463 e. The van der Waals surface area contributed by atoms with Gasteiger partial charge in [0.05, 0.1) is 12.3 Å². The molecular formula is C21H21F2N2O2+. The van der Waals surface area contributed by atoms with E-state index in [-0.39, 0.29) is 24.1 Å². The molecule has 0 fully saturated rings. The van der Waals surface area contributed by atoms with Gasteiger partial charge in [-0.25, -0.2) is 8.78 Å². The van der Waals surface area contributed by atoms with E-state index >= 15 is 0 Å². The molecular weight excluding hydrogens is 350 g/mol. The Morgan fingerprint density at radius 3 is 2.56 bits per heavy atom. The summed E-state index contributed by atoms with van der Waals surface area (Å²) in [6.45, 7) is 1.79. The number of amides is 1. The molecule has 27 heavy (non-hydrogen) atoms. The minimum Gasteiger partial charge on any atom is -0.463 e. The quantitative estimate of drug-likeness (QED) is 0.671. The second-order valence-electron chi connectivity index (χ2n) is 6.30. The van der Waals surface area contributed by atoms with E-state index < -0.39 is 17.7 Å². The number of hydrogen-bond donors (Lipinski definition) is 2. The van der Waals surface area contributed by atoms with Gasteiger partial charge < -0.3 is 15.1 Å². The lowest BCUT2D eigenvalue weighted by atomic mass is 10.0. The molecule has 0 saturated carbocycles. The summed E-state index contributed by atoms with van der Waals surface area (Å²) in [4.78, 5) is 12.3. The van der Waals surface area contributed by atoms with Gasteiger partial charge in [0, 0.05) is 17.2 Å². The zero-order chi connectivity index (χ0) is 19.2. The summed E-state index contributed by atoms with van der Waals surface area (Å²) in [7, 11) is 0. The van der Waals surface area contributed by atoms with Crippen molar-refractivity contribution in [2.45, 2.75) is 19.0 Å². The van der Waals surface area contributed by atoms with Crippen molar-refractivity contribution in [1.82, 2.24) is 5.32 Å². The molecule has 0 spiro atoms. The van der Waals surface area contributed by atoms with Crippen LogP contribution in [-0.2, 0) is 4.79 Å². The van der Waals surface area contributed by atoms with Crippen molar-refractivity contribution in [3.63, 3.8) is 0 Å². The number of quaternary nitrogens is 1. The average molecular weight is 371 g/mol. The van der Waals surface area contributed by atoms with Crippen molar-refractivity contribution in [2.75, 3.05) is 6.54 Å². The standard InChI is InChI=1S/C21H20F2N2O2/c1-14(17-10-9-16(22)12-18(17)23)25-20(26)13-24-21(19-8-5-11-27-19)15-6-3-2-4-7-15/h2-12,14,21,24H,13H2,1H3,(H,25,26)/p+1/t14-,21-/m1/s1. The number of hydrogen-bond acceptors (Lipinski definition) is 2. The molecule has 1 amide bonds. The number of nitrogens with one attached hydrogen (secondary N) is 1. The highest BCUT2D eigenvalue weighted by molar-refractivity contribution is 5.77. The van der Waals surface area contributed by atoms with Crippen molar-refractivity contribution in [3.8, 4) is 0 Å². The van der Waals surface area contributed by atoms with E-state index in [0.717, 1.165) is 17.4 Å². The van der Waals surface area contributed by atoms with Gasteiger partial charge in [-0.15, -0.1) is 0 Å². The Kier molecular flexibility index (Phi) is 5.98. The predicted molar refractivity (Wildman–Crippen MR) is 96.7 cm³/mol. The van der Waals surface area contributed by atoms with Crippen LogP contribution < -0.4 is 10.6 Å². The predicted octanol–water partition coefficient (Wildman–Crippen LogP) is 3.09. The molecule has 1 aromatic heterocycles. The fourth-order valence-electron chi connectivity index (χ4n) is 3.00. The van der Waals surface area contributed by atoms with E-state index in [1.165, 1.54) is 12.1 Å². The lowest BCUT2D eigenvalue weighted by molar-refractivity contribution is -0.678. The number of furan rings is 1. The molecule has 3 aromatic rings. The number of nitrogens with two attached hydrogens (primary N) is 1. The zero-order valence-corrected chi connectivity index (χ0v) is 14.9. The second kappa shape index (κ2) is 8.60. The Labute approximate surface area is 156 Å². The summed E-state index contributed by atoms with van der Waals surface area (Å²) in [6.07, 6.45) is 1.60. The third-order valence-corrected chi connectivity index (χ3v) is 4.35. The Hall–Kier alpha value is -2.99. The third-order valence-electron chi connectivity index (χ3n) is 4.35. The van der Waals surface area contributed by atoms with Gasteiger partial charge >= 0.3 is 0 Å². The molecule has 1 heterocycles. The summed E-state index contributed by atoms with van der Waals surface area (Å²) >= 11 is 0. The van der Waals surface area contributed by atoms with E-state index in [9.17, 15) is 13.6 Å². The van der Waals surface area contributed by atoms with Crippen LogP contribution in [0.15, 0.2) is 71.3 Å². The first-order valence-electron chi connectivity index (χ1n) is 8.70. The maximum absolute atomic E-state index is 13.9. The van der Waals surface area contributed by atoms with Crippen LogP contribution in [-0.4, -0.2) is 12.5 Å². The first-order valence-corrected chi connectivity index (χ1v) is 8.70. The molecule has 0 saturated heterocycles. The third kappa shape index (κ3) is 4.80. The lowest BCUT2D eigenvalue weighted by Crippen LogP contribution is -2.87. The van der Waals surface area contributed by atoms with E-state index in [4.69, 9.17) is 4.42 Å². The highest BCUT2D eigenvalue weighted by Crippen LogP contribution is 2.19. The molecule has 0 aliphatic heterocycles. The van der Waals surface area contributed by atoms with E-state index in [0.29, 0.717) is 0 Å². The van der Waals surface area contributed by atoms with Gasteiger partial charge in [0.25, 0.3) is 5.91 Å². The van der Waals surface area contributed by atoms with Crippen molar-refractivity contribution < 1.29 is 23.3 Å². The van der Waals surface area contributed by atoms with Crippen LogP contribution in [0.2, 0.25) is 0 Å². The van der Waals surface area contributed by atoms with Gasteiger partial charge in [0.15, 0.2) is 18.3 Å². The van der Waals surface area contributed by atoms with Crippen molar-refractivity contribution in [1.29, 1.82) is 0 Å². The first-order chi connectivity index (χ1) is 13.0. The number of carbonyl (C=O) groups is 1. The van der Waals surface area contributed by atoms with Crippen molar-refractivity contribution in [3.05, 3.63) is 95.4 Å². The first kappa shape index (κ1) is 18.8. The average Bonchev–Trinajstić information content (AvgIpc) is 3.17. The monoisotopic (exact) mass is 371 g/mol. The van der Waals surface area contributed by atoms with Crippen LogP contribution in [0.25, 0.3) is 0 Å². The summed E-state index contributed by atoms with van der Waals surface area (Å²) in [6, 6.07) is 16.0. The van der Waals surface area contributed by atoms with Crippen LogP contribution >= 0.6 is 0 Å². The van der Waals surface area contributed by atoms with Gasteiger partial charge in [-0.1, -0.05) is 36.4 Å². The molecule has 2 atom stereocenters. The van der Waals surface area contributed by atoms with E-state index in [2.05, 4.69) is 5.32 Å². The molecule has 0 bridgehead atoms. The van der Waals surface area contributed by atoms with Crippen molar-refractivity contribution >= 4 is 5.91 Å². The number of rotatable bonds is 7. The summed E-state index contributed by atoms with van der Waals surface area (Å²) in [5.41, 5.74) is 1.26. The second-order valence-corrected chi connectivity index (χ2v) is 6.30. The molecule has 0 radical (unpaired) electrons. The Morgan fingerprint density at radius 1 is 1.11 bits per heavy atom. The summed E-state index contributed by atoms with van der Waals surface area (Å²) in [5.74, 6) is -0.831. The maximum atomic E-state index is 13.9. The zero-order valence-electron chi connectivity index (χ0n) is 14.9. The van der Waals surface area contributed by atoms with Crippen LogP contribution in [0.4, 0.5) is 8.78 Å².